The van der Waals surface area contributed by atoms with Gasteiger partial charge in [-0.1, -0.05) is 220 Å². The molecule has 0 aromatic carbocycles. The van der Waals surface area contributed by atoms with Gasteiger partial charge in [-0.3, -0.25) is 9.59 Å². The van der Waals surface area contributed by atoms with Gasteiger partial charge in [0.05, 0.1) is 25.4 Å². The summed E-state index contributed by atoms with van der Waals surface area (Å²) in [5.74, 6) is -1.30. The fourth-order valence-corrected chi connectivity index (χ4v) is 7.86. The standard InChI is InChI=1S/C60H99NO10/c1-4-7-10-13-16-19-22-24-25-26-27-28-29-30-33-36-39-42-45-48-55(65)71-58-57(67)56(66)54(49-62)70-60(58)69-50-51(52(63)46-43-40-37-34-31-21-18-15-12-9-6-3)61-59(68)53(64)47-44-41-38-35-32-23-20-17-14-11-8-5-2/h8,11,14,16-17,19-20,23-25,27-28,32,35,38,41,43,46,51-54,56-58,60,62-64,66-67H,4-7,9-10,12-13,15,18,21-22,26,29-31,33-34,36-37,39-40,42,44-45,47-50H2,1-3H3,(H,61,68)/b11-8+,17-14+,19-16-,23-20-,25-24-,28-27-,35-32-,41-38+,46-43+. The molecular weight excluding hydrogens is 895 g/mol. The van der Waals surface area contributed by atoms with Crippen molar-refractivity contribution in [1.82, 2.24) is 5.32 Å². The van der Waals surface area contributed by atoms with Crippen molar-refractivity contribution in [1.29, 1.82) is 0 Å². The van der Waals surface area contributed by atoms with Crippen LogP contribution >= 0.6 is 0 Å². The molecule has 6 N–H and O–H groups in total. The second kappa shape index (κ2) is 47.3. The highest BCUT2D eigenvalue weighted by Gasteiger charge is 2.47. The summed E-state index contributed by atoms with van der Waals surface area (Å²) in [5.41, 5.74) is 0. The van der Waals surface area contributed by atoms with Crippen LogP contribution in [0.4, 0.5) is 0 Å². The maximum Gasteiger partial charge on any atom is 0.306 e. The molecule has 0 bridgehead atoms. The van der Waals surface area contributed by atoms with Crippen molar-refractivity contribution in [2.45, 2.75) is 243 Å². The van der Waals surface area contributed by atoms with Gasteiger partial charge in [-0.25, -0.2) is 0 Å². The Hall–Kier alpha value is -3.68. The minimum Gasteiger partial charge on any atom is -0.454 e. The van der Waals surface area contributed by atoms with Crippen LogP contribution in [0.25, 0.3) is 0 Å². The zero-order chi connectivity index (χ0) is 51.8. The van der Waals surface area contributed by atoms with E-state index in [0.717, 1.165) is 83.5 Å². The van der Waals surface area contributed by atoms with Crippen LogP contribution in [0.1, 0.15) is 194 Å². The van der Waals surface area contributed by atoms with E-state index in [1.54, 1.807) is 6.08 Å². The molecule has 11 heteroatoms. The van der Waals surface area contributed by atoms with E-state index in [4.69, 9.17) is 14.2 Å². The van der Waals surface area contributed by atoms with Crippen molar-refractivity contribution < 1.29 is 49.3 Å². The number of rotatable bonds is 44. The minimum atomic E-state index is -1.64. The first kappa shape index (κ1) is 65.3. The van der Waals surface area contributed by atoms with Gasteiger partial charge < -0.3 is 45.1 Å². The first-order valence-corrected chi connectivity index (χ1v) is 27.7. The zero-order valence-corrected chi connectivity index (χ0v) is 44.3. The molecule has 1 heterocycles. The molecule has 1 amide bonds. The van der Waals surface area contributed by atoms with Crippen molar-refractivity contribution >= 4 is 11.9 Å². The number of hydrogen-bond donors (Lipinski definition) is 6. The summed E-state index contributed by atoms with van der Waals surface area (Å²) < 4.78 is 17.5. The lowest BCUT2D eigenvalue weighted by Crippen LogP contribution is -2.61. The van der Waals surface area contributed by atoms with Crippen LogP contribution in [0, 0.1) is 0 Å². The second-order valence-corrected chi connectivity index (χ2v) is 18.7. The number of unbranched alkanes of at least 4 members (excludes halogenated alkanes) is 18. The van der Waals surface area contributed by atoms with E-state index in [2.05, 4.69) is 68.6 Å². The van der Waals surface area contributed by atoms with Gasteiger partial charge in [-0.05, 0) is 77.0 Å². The predicted molar refractivity (Wildman–Crippen MR) is 291 cm³/mol. The van der Waals surface area contributed by atoms with E-state index in [0.29, 0.717) is 12.8 Å². The zero-order valence-electron chi connectivity index (χ0n) is 44.3. The van der Waals surface area contributed by atoms with Gasteiger partial charge in [0, 0.05) is 6.42 Å². The van der Waals surface area contributed by atoms with Gasteiger partial charge in [0.15, 0.2) is 12.4 Å². The van der Waals surface area contributed by atoms with Crippen molar-refractivity contribution in [2.24, 2.45) is 0 Å². The van der Waals surface area contributed by atoms with E-state index in [1.807, 2.05) is 60.8 Å². The molecule has 0 aromatic rings. The quantitative estimate of drug-likeness (QED) is 0.0149. The molecule has 8 atom stereocenters. The van der Waals surface area contributed by atoms with Crippen LogP contribution in [0.2, 0.25) is 0 Å². The SMILES string of the molecule is CC/C=C/C=C/C=C\C=C/C=C/CCC(O)C(=O)NC(COC1OC(CO)C(O)C(O)C1OC(=O)CCCCCCCC/C=C\C/C=C\C/C=C\CCCCC)C(O)/C=C/CCCCCCCCCCC. The van der Waals surface area contributed by atoms with Gasteiger partial charge >= 0.3 is 5.97 Å². The monoisotopic (exact) mass is 994 g/mol. The Morgan fingerprint density at radius 1 is 0.577 bits per heavy atom. The number of aliphatic hydroxyl groups excluding tert-OH is 5. The van der Waals surface area contributed by atoms with Crippen LogP contribution in [-0.4, -0.2) is 99.6 Å². The average Bonchev–Trinajstić information content (AvgIpc) is 3.37. The van der Waals surface area contributed by atoms with E-state index in [-0.39, 0.29) is 19.4 Å². The Kier molecular flexibility index (Phi) is 43.6. The highest BCUT2D eigenvalue weighted by Crippen LogP contribution is 2.26. The normalized spacial score (nSPS) is 20.5. The molecule has 0 saturated carbocycles. The summed E-state index contributed by atoms with van der Waals surface area (Å²) in [6, 6.07) is -1.07. The summed E-state index contributed by atoms with van der Waals surface area (Å²) in [6.45, 7) is 5.51. The van der Waals surface area contributed by atoms with E-state index in [1.165, 1.54) is 64.2 Å². The molecule has 1 saturated heterocycles. The van der Waals surface area contributed by atoms with Gasteiger partial charge in [0.1, 0.15) is 24.4 Å². The molecule has 71 heavy (non-hydrogen) atoms. The number of esters is 1. The molecule has 1 aliphatic heterocycles. The van der Waals surface area contributed by atoms with Crippen LogP contribution in [0.15, 0.2) is 109 Å². The number of amides is 1. The minimum absolute atomic E-state index is 0.0940. The number of hydrogen-bond acceptors (Lipinski definition) is 10. The van der Waals surface area contributed by atoms with Gasteiger partial charge in [-0.15, -0.1) is 0 Å². The smallest absolute Gasteiger partial charge is 0.306 e. The predicted octanol–water partition coefficient (Wildman–Crippen LogP) is 12.2. The number of nitrogens with one attached hydrogen (secondary N) is 1. The molecule has 1 rings (SSSR count). The molecule has 0 radical (unpaired) electrons. The van der Waals surface area contributed by atoms with Crippen LogP contribution in [0.3, 0.4) is 0 Å². The lowest BCUT2D eigenvalue weighted by molar-refractivity contribution is -0.305. The van der Waals surface area contributed by atoms with E-state index >= 15 is 0 Å². The third kappa shape index (κ3) is 36.0. The maximum absolute atomic E-state index is 13.3. The highest BCUT2D eigenvalue weighted by atomic mass is 16.7. The number of carbonyl (C=O) groups excluding carboxylic acids is 2. The second-order valence-electron chi connectivity index (χ2n) is 18.7. The first-order valence-electron chi connectivity index (χ1n) is 27.7. The molecule has 8 unspecified atom stereocenters. The third-order valence-electron chi connectivity index (χ3n) is 12.3. The Balaban J connectivity index is 2.77. The molecule has 1 aliphatic rings. The summed E-state index contributed by atoms with van der Waals surface area (Å²) in [6.07, 6.45) is 52.9. The van der Waals surface area contributed by atoms with Crippen molar-refractivity contribution in [3.8, 4) is 0 Å². The Labute approximate surface area is 430 Å². The summed E-state index contributed by atoms with van der Waals surface area (Å²) >= 11 is 0. The molecule has 0 aliphatic carbocycles. The lowest BCUT2D eigenvalue weighted by Gasteiger charge is -2.41. The molecule has 0 spiro atoms. The van der Waals surface area contributed by atoms with E-state index < -0.39 is 67.4 Å². The largest absolute Gasteiger partial charge is 0.454 e. The summed E-state index contributed by atoms with van der Waals surface area (Å²) in [4.78, 5) is 26.4. The highest BCUT2D eigenvalue weighted by molar-refractivity contribution is 5.80. The van der Waals surface area contributed by atoms with Crippen molar-refractivity contribution in [3.63, 3.8) is 0 Å². The summed E-state index contributed by atoms with van der Waals surface area (Å²) in [7, 11) is 0. The lowest BCUT2D eigenvalue weighted by atomic mass is 9.99. The molecular formula is C60H99NO10. The third-order valence-corrected chi connectivity index (χ3v) is 12.3. The van der Waals surface area contributed by atoms with Crippen LogP contribution in [-0.2, 0) is 23.8 Å². The van der Waals surface area contributed by atoms with Gasteiger partial charge in [0.2, 0.25) is 5.91 Å². The van der Waals surface area contributed by atoms with Crippen LogP contribution in [0.5, 0.6) is 0 Å². The summed E-state index contributed by atoms with van der Waals surface area (Å²) in [5, 5.41) is 56.6. The topological polar surface area (TPSA) is 175 Å². The number of allylic oxidation sites excluding steroid dienone is 17. The van der Waals surface area contributed by atoms with Gasteiger partial charge in [-0.2, -0.15) is 0 Å². The van der Waals surface area contributed by atoms with Gasteiger partial charge in [0.25, 0.3) is 0 Å². The molecule has 0 aromatic heterocycles. The Bertz CT molecular complexity index is 1560. The Morgan fingerprint density at radius 2 is 1.07 bits per heavy atom. The van der Waals surface area contributed by atoms with E-state index in [9.17, 15) is 35.1 Å². The number of ether oxygens (including phenoxy) is 3. The van der Waals surface area contributed by atoms with Crippen molar-refractivity contribution in [2.75, 3.05) is 13.2 Å². The fraction of sp³-hybridized carbons (Fsp3) is 0.667. The first-order chi connectivity index (χ1) is 34.7. The number of carbonyl (C=O) groups is 2. The molecule has 1 fully saturated rings. The van der Waals surface area contributed by atoms with Crippen molar-refractivity contribution in [3.05, 3.63) is 109 Å². The average molecular weight is 994 g/mol. The molecule has 11 nitrogen and oxygen atoms in total. The maximum atomic E-state index is 13.3. The molecule has 404 valence electrons. The Morgan fingerprint density at radius 3 is 1.65 bits per heavy atom. The number of aliphatic hydroxyl groups is 5. The fourth-order valence-electron chi connectivity index (χ4n) is 7.86. The van der Waals surface area contributed by atoms with Crippen LogP contribution < -0.4 is 5.32 Å².